The average molecular weight is 282 g/mol. The third kappa shape index (κ3) is 1.42. The third-order valence-electron chi connectivity index (χ3n) is 1.28. The summed E-state index contributed by atoms with van der Waals surface area (Å²) in [5.74, 6) is 0. The molecule has 0 amide bonds. The molecule has 2 aromatic heterocycles. The minimum absolute atomic E-state index is 0.475. The largest absolute Gasteiger partial charge is 0.171 e. The van der Waals surface area contributed by atoms with Crippen LogP contribution in [0.4, 0.5) is 0 Å². The van der Waals surface area contributed by atoms with E-state index in [0.717, 1.165) is 26.8 Å². The van der Waals surface area contributed by atoms with Crippen molar-refractivity contribution in [2.24, 2.45) is 0 Å². The maximum Gasteiger partial charge on any atom is 0.171 e. The van der Waals surface area contributed by atoms with Gasteiger partial charge in [0.1, 0.15) is 5.69 Å². The molecule has 0 spiro atoms. The second-order valence-electron chi connectivity index (χ2n) is 2.00. The van der Waals surface area contributed by atoms with Crippen molar-refractivity contribution >= 4 is 50.6 Å². The van der Waals surface area contributed by atoms with E-state index in [1.807, 2.05) is 11.4 Å². The zero-order valence-corrected chi connectivity index (χ0v) is 9.60. The summed E-state index contributed by atoms with van der Waals surface area (Å²) < 4.78 is 9.01. The van der Waals surface area contributed by atoms with E-state index in [-0.39, 0.29) is 0 Å². The SMILES string of the molecule is Clc1nsnc1-c1sccc1Br. The second-order valence-corrected chi connectivity index (χ2v) is 4.66. The zero-order valence-electron chi connectivity index (χ0n) is 5.62. The first-order valence-electron chi connectivity index (χ1n) is 3.00. The lowest BCUT2D eigenvalue weighted by Gasteiger charge is -1.90. The molecule has 0 N–H and O–H groups in total. The van der Waals surface area contributed by atoms with Crippen LogP contribution < -0.4 is 0 Å². The van der Waals surface area contributed by atoms with Gasteiger partial charge in [-0.25, -0.2) is 0 Å². The van der Waals surface area contributed by atoms with Crippen molar-refractivity contribution in [2.75, 3.05) is 0 Å². The smallest absolute Gasteiger partial charge is 0.170 e. The van der Waals surface area contributed by atoms with Crippen molar-refractivity contribution in [3.63, 3.8) is 0 Å². The van der Waals surface area contributed by atoms with Gasteiger partial charge in [-0.3, -0.25) is 0 Å². The van der Waals surface area contributed by atoms with Gasteiger partial charge in [-0.1, -0.05) is 11.6 Å². The topological polar surface area (TPSA) is 25.8 Å². The van der Waals surface area contributed by atoms with E-state index in [0.29, 0.717) is 5.15 Å². The molecule has 0 saturated carbocycles. The summed E-state index contributed by atoms with van der Waals surface area (Å²) in [6.45, 7) is 0. The van der Waals surface area contributed by atoms with E-state index in [1.165, 1.54) is 0 Å². The van der Waals surface area contributed by atoms with Crippen molar-refractivity contribution < 1.29 is 0 Å². The number of rotatable bonds is 1. The normalized spacial score (nSPS) is 10.5. The molecule has 2 rings (SSSR count). The van der Waals surface area contributed by atoms with Gasteiger partial charge in [0.25, 0.3) is 0 Å². The van der Waals surface area contributed by atoms with E-state index >= 15 is 0 Å². The zero-order chi connectivity index (χ0) is 8.55. The van der Waals surface area contributed by atoms with Crippen LogP contribution in [0.15, 0.2) is 15.9 Å². The fraction of sp³-hybridized carbons (Fsp3) is 0. The highest BCUT2D eigenvalue weighted by Gasteiger charge is 2.12. The summed E-state index contributed by atoms with van der Waals surface area (Å²) in [6.07, 6.45) is 0. The summed E-state index contributed by atoms with van der Waals surface area (Å²) in [5.41, 5.74) is 0.767. The Morgan fingerprint density at radius 2 is 2.25 bits per heavy atom. The first kappa shape index (κ1) is 8.62. The Morgan fingerprint density at radius 3 is 2.75 bits per heavy atom. The lowest BCUT2D eigenvalue weighted by Crippen LogP contribution is -1.72. The van der Waals surface area contributed by atoms with Crippen LogP contribution in [0.1, 0.15) is 0 Å². The molecule has 12 heavy (non-hydrogen) atoms. The Labute approximate surface area is 90.7 Å². The van der Waals surface area contributed by atoms with Crippen molar-refractivity contribution in [1.29, 1.82) is 0 Å². The van der Waals surface area contributed by atoms with E-state index in [1.54, 1.807) is 11.3 Å². The standard InChI is InChI=1S/C6H2BrClN2S2/c7-3-1-2-11-5(3)4-6(8)10-12-9-4/h1-2H. The van der Waals surface area contributed by atoms with Gasteiger partial charge in [-0.2, -0.15) is 8.75 Å². The van der Waals surface area contributed by atoms with Gasteiger partial charge in [-0.05, 0) is 27.4 Å². The number of halogens is 2. The number of aromatic nitrogens is 2. The highest BCUT2D eigenvalue weighted by atomic mass is 79.9. The molecule has 0 radical (unpaired) electrons. The fourth-order valence-corrected chi connectivity index (χ4v) is 3.18. The molecule has 0 fully saturated rings. The van der Waals surface area contributed by atoms with Gasteiger partial charge in [0, 0.05) is 4.47 Å². The quantitative estimate of drug-likeness (QED) is 0.797. The van der Waals surface area contributed by atoms with Gasteiger partial charge in [-0.15, -0.1) is 11.3 Å². The molecule has 2 heterocycles. The monoisotopic (exact) mass is 280 g/mol. The Bertz CT molecular complexity index is 359. The maximum atomic E-state index is 5.83. The van der Waals surface area contributed by atoms with Crippen molar-refractivity contribution in [1.82, 2.24) is 8.75 Å². The molecule has 2 nitrogen and oxygen atoms in total. The van der Waals surface area contributed by atoms with Crippen LogP contribution in [-0.4, -0.2) is 8.75 Å². The van der Waals surface area contributed by atoms with Crippen LogP contribution in [0.5, 0.6) is 0 Å². The second kappa shape index (κ2) is 3.41. The summed E-state index contributed by atoms with van der Waals surface area (Å²) in [7, 11) is 0. The van der Waals surface area contributed by atoms with Crippen LogP contribution in [0.2, 0.25) is 5.15 Å². The molecule has 0 bridgehead atoms. The Kier molecular flexibility index (Phi) is 2.45. The summed E-state index contributed by atoms with van der Waals surface area (Å²) >= 11 is 12.0. The van der Waals surface area contributed by atoms with Gasteiger partial charge >= 0.3 is 0 Å². The van der Waals surface area contributed by atoms with E-state index in [2.05, 4.69) is 24.7 Å². The van der Waals surface area contributed by atoms with Crippen LogP contribution in [-0.2, 0) is 0 Å². The maximum absolute atomic E-state index is 5.83. The van der Waals surface area contributed by atoms with Crippen molar-refractivity contribution in [3.05, 3.63) is 21.1 Å². The van der Waals surface area contributed by atoms with Crippen LogP contribution in [0.25, 0.3) is 10.6 Å². The van der Waals surface area contributed by atoms with Gasteiger partial charge in [0.2, 0.25) is 0 Å². The molecule has 0 aliphatic carbocycles. The summed E-state index contributed by atoms with van der Waals surface area (Å²) in [6, 6.07) is 1.97. The third-order valence-corrected chi connectivity index (χ3v) is 4.02. The first-order valence-corrected chi connectivity index (χ1v) is 5.78. The number of hydrogen-bond acceptors (Lipinski definition) is 4. The molecular formula is C6H2BrClN2S2. The molecule has 0 aliphatic heterocycles. The van der Waals surface area contributed by atoms with Crippen LogP contribution >= 0.6 is 50.6 Å². The summed E-state index contributed by atoms with van der Waals surface area (Å²) in [5, 5.41) is 2.46. The molecule has 0 saturated heterocycles. The fourth-order valence-electron chi connectivity index (χ4n) is 0.776. The predicted octanol–water partition coefficient (Wildman–Crippen LogP) is 3.68. The Hall–Kier alpha value is 0.0300. The lowest BCUT2D eigenvalue weighted by atomic mass is 10.4. The van der Waals surface area contributed by atoms with Gasteiger partial charge in [0.15, 0.2) is 5.15 Å². The molecule has 0 unspecified atom stereocenters. The molecule has 6 heteroatoms. The van der Waals surface area contributed by atoms with Gasteiger partial charge in [0.05, 0.1) is 16.6 Å². The highest BCUT2D eigenvalue weighted by Crippen LogP contribution is 2.35. The Morgan fingerprint density at radius 1 is 1.42 bits per heavy atom. The van der Waals surface area contributed by atoms with E-state index in [4.69, 9.17) is 11.6 Å². The average Bonchev–Trinajstić information content (AvgIpc) is 2.59. The number of nitrogens with zero attached hydrogens (tertiary/aromatic N) is 2. The van der Waals surface area contributed by atoms with Crippen LogP contribution in [0, 0.1) is 0 Å². The highest BCUT2D eigenvalue weighted by molar-refractivity contribution is 9.10. The first-order chi connectivity index (χ1) is 5.79. The van der Waals surface area contributed by atoms with E-state index in [9.17, 15) is 0 Å². The molecule has 62 valence electrons. The molecule has 0 aliphatic rings. The molecule has 0 atom stereocenters. The number of thiophene rings is 1. The van der Waals surface area contributed by atoms with Crippen molar-refractivity contribution in [3.8, 4) is 10.6 Å². The molecule has 0 aromatic carbocycles. The van der Waals surface area contributed by atoms with Gasteiger partial charge < -0.3 is 0 Å². The minimum Gasteiger partial charge on any atom is -0.170 e. The molecular weight excluding hydrogens is 280 g/mol. The Balaban J connectivity index is 2.57. The number of hydrogen-bond donors (Lipinski definition) is 0. The molecule has 2 aromatic rings. The van der Waals surface area contributed by atoms with E-state index < -0.39 is 0 Å². The van der Waals surface area contributed by atoms with Crippen molar-refractivity contribution in [2.45, 2.75) is 0 Å². The van der Waals surface area contributed by atoms with Crippen LogP contribution in [0.3, 0.4) is 0 Å². The minimum atomic E-state index is 0.475. The lowest BCUT2D eigenvalue weighted by molar-refractivity contribution is 1.52. The predicted molar refractivity (Wildman–Crippen MR) is 55.9 cm³/mol. The summed E-state index contributed by atoms with van der Waals surface area (Å²) in [4.78, 5) is 1.04.